The standard InChI is InChI=1S/C23H23N5O2/c1-15-11-17(7-9-21(15)30-19-8-6-16(2)24-13-19)27-23-22-20(25-14-26-23)12-18(28(22)3)5-4-10-29/h4-9,11-14,29H,10H2,1-3H3,(H,25,26,27). The molecule has 0 aliphatic rings. The molecule has 0 spiro atoms. The van der Waals surface area contributed by atoms with Crippen molar-refractivity contribution >= 4 is 28.6 Å². The number of fused-ring (bicyclic) bond motifs is 1. The highest BCUT2D eigenvalue weighted by Gasteiger charge is 2.12. The molecule has 4 rings (SSSR count). The highest BCUT2D eigenvalue weighted by atomic mass is 16.5. The first-order valence-electron chi connectivity index (χ1n) is 9.61. The largest absolute Gasteiger partial charge is 0.455 e. The molecular formula is C23H23N5O2. The zero-order valence-electron chi connectivity index (χ0n) is 17.1. The van der Waals surface area contributed by atoms with Crippen LogP contribution in [0.25, 0.3) is 17.1 Å². The fourth-order valence-corrected chi connectivity index (χ4v) is 3.24. The van der Waals surface area contributed by atoms with Crippen molar-refractivity contribution in [1.82, 2.24) is 19.5 Å². The smallest absolute Gasteiger partial charge is 0.158 e. The molecule has 0 aliphatic carbocycles. The fraction of sp³-hybridized carbons (Fsp3) is 0.174. The van der Waals surface area contributed by atoms with Gasteiger partial charge in [0.25, 0.3) is 0 Å². The highest BCUT2D eigenvalue weighted by molar-refractivity contribution is 5.90. The van der Waals surface area contributed by atoms with Crippen molar-refractivity contribution in [2.24, 2.45) is 7.05 Å². The lowest BCUT2D eigenvalue weighted by Crippen LogP contribution is -2.00. The third kappa shape index (κ3) is 4.01. The molecule has 0 amide bonds. The molecule has 0 unspecified atom stereocenters. The predicted molar refractivity (Wildman–Crippen MR) is 118 cm³/mol. The third-order valence-electron chi connectivity index (χ3n) is 4.80. The monoisotopic (exact) mass is 401 g/mol. The second-order valence-corrected chi connectivity index (χ2v) is 7.01. The average molecular weight is 401 g/mol. The SMILES string of the molecule is Cc1ccc(Oc2ccc(Nc3ncnc4cc(C=CCO)n(C)c34)cc2C)cn1. The van der Waals surface area contributed by atoms with Crippen molar-refractivity contribution in [3.8, 4) is 11.5 Å². The minimum absolute atomic E-state index is 0.00927. The number of nitrogens with one attached hydrogen (secondary N) is 1. The van der Waals surface area contributed by atoms with Gasteiger partial charge < -0.3 is 19.7 Å². The van der Waals surface area contributed by atoms with Crippen molar-refractivity contribution in [1.29, 1.82) is 0 Å². The summed E-state index contributed by atoms with van der Waals surface area (Å²) in [4.78, 5) is 13.1. The van der Waals surface area contributed by atoms with Gasteiger partial charge in [0.2, 0.25) is 0 Å². The number of rotatable bonds is 6. The number of pyridine rings is 1. The number of benzene rings is 1. The van der Waals surface area contributed by atoms with Crippen molar-refractivity contribution in [3.05, 3.63) is 71.9 Å². The molecule has 2 N–H and O–H groups in total. The Morgan fingerprint density at radius 1 is 1.10 bits per heavy atom. The lowest BCUT2D eigenvalue weighted by molar-refractivity contribution is 0.343. The van der Waals surface area contributed by atoms with E-state index in [2.05, 4.69) is 20.3 Å². The van der Waals surface area contributed by atoms with Crippen LogP contribution in [0, 0.1) is 13.8 Å². The third-order valence-corrected chi connectivity index (χ3v) is 4.80. The first kappa shape index (κ1) is 19.6. The number of hydrogen-bond donors (Lipinski definition) is 2. The maximum atomic E-state index is 9.05. The molecule has 0 atom stereocenters. The van der Waals surface area contributed by atoms with Gasteiger partial charge in [0.15, 0.2) is 5.82 Å². The summed E-state index contributed by atoms with van der Waals surface area (Å²) in [6.07, 6.45) is 6.82. The molecule has 0 aliphatic heterocycles. The van der Waals surface area contributed by atoms with Crippen molar-refractivity contribution in [2.75, 3.05) is 11.9 Å². The van der Waals surface area contributed by atoms with Gasteiger partial charge in [-0.05, 0) is 61.9 Å². The molecule has 7 nitrogen and oxygen atoms in total. The molecule has 3 aromatic heterocycles. The first-order chi connectivity index (χ1) is 14.5. The lowest BCUT2D eigenvalue weighted by atomic mass is 10.2. The Bertz CT molecular complexity index is 1210. The zero-order chi connectivity index (χ0) is 21.1. The Hall–Kier alpha value is -3.71. The van der Waals surface area contributed by atoms with Gasteiger partial charge >= 0.3 is 0 Å². The molecule has 3 heterocycles. The summed E-state index contributed by atoms with van der Waals surface area (Å²) in [6, 6.07) is 11.7. The van der Waals surface area contributed by atoms with Gasteiger partial charge in [-0.3, -0.25) is 4.98 Å². The van der Waals surface area contributed by atoms with Gasteiger partial charge in [-0.25, -0.2) is 9.97 Å². The summed E-state index contributed by atoms with van der Waals surface area (Å²) < 4.78 is 7.95. The summed E-state index contributed by atoms with van der Waals surface area (Å²) in [6.45, 7) is 3.93. The quantitative estimate of drug-likeness (QED) is 0.494. The van der Waals surface area contributed by atoms with Gasteiger partial charge in [-0.2, -0.15) is 0 Å². The zero-order valence-corrected chi connectivity index (χ0v) is 17.1. The van der Waals surface area contributed by atoms with Crippen LogP contribution in [0.15, 0.2) is 55.0 Å². The molecule has 30 heavy (non-hydrogen) atoms. The lowest BCUT2D eigenvalue weighted by Gasteiger charge is -2.12. The molecular weight excluding hydrogens is 378 g/mol. The number of hydrogen-bond acceptors (Lipinski definition) is 6. The Labute approximate surface area is 174 Å². The van der Waals surface area contributed by atoms with E-state index in [-0.39, 0.29) is 6.61 Å². The first-order valence-corrected chi connectivity index (χ1v) is 9.61. The maximum Gasteiger partial charge on any atom is 0.158 e. The van der Waals surface area contributed by atoms with Crippen molar-refractivity contribution in [3.63, 3.8) is 0 Å². The van der Waals surface area contributed by atoms with Crippen LogP contribution in [-0.4, -0.2) is 31.2 Å². The molecule has 0 saturated heterocycles. The molecule has 7 heteroatoms. The van der Waals surface area contributed by atoms with Gasteiger partial charge in [0.05, 0.1) is 18.3 Å². The van der Waals surface area contributed by atoms with Crippen LogP contribution in [0.1, 0.15) is 17.0 Å². The summed E-state index contributed by atoms with van der Waals surface area (Å²) in [7, 11) is 1.95. The Balaban J connectivity index is 1.60. The highest BCUT2D eigenvalue weighted by Crippen LogP contribution is 2.30. The Kier molecular flexibility index (Phi) is 5.45. The average Bonchev–Trinajstić information content (AvgIpc) is 3.06. The van der Waals surface area contributed by atoms with E-state index in [1.54, 1.807) is 18.6 Å². The molecule has 152 valence electrons. The van der Waals surface area contributed by atoms with E-state index < -0.39 is 0 Å². The second kappa shape index (κ2) is 8.34. The number of aryl methyl sites for hydroxylation is 3. The Morgan fingerprint density at radius 2 is 1.97 bits per heavy atom. The van der Waals surface area contributed by atoms with Crippen LogP contribution in [0.5, 0.6) is 11.5 Å². The van der Waals surface area contributed by atoms with Crippen molar-refractivity contribution < 1.29 is 9.84 Å². The summed E-state index contributed by atoms with van der Waals surface area (Å²) in [5, 5.41) is 12.4. The van der Waals surface area contributed by atoms with Gasteiger partial charge in [0, 0.05) is 24.1 Å². The van der Waals surface area contributed by atoms with E-state index >= 15 is 0 Å². The normalized spacial score (nSPS) is 11.3. The van der Waals surface area contributed by atoms with Crippen LogP contribution in [-0.2, 0) is 7.05 Å². The number of nitrogens with zero attached hydrogens (tertiary/aromatic N) is 4. The minimum atomic E-state index is -0.00927. The summed E-state index contributed by atoms with van der Waals surface area (Å²) in [5.74, 6) is 2.19. The van der Waals surface area contributed by atoms with E-state index in [9.17, 15) is 0 Å². The molecule has 1 aromatic carbocycles. The van der Waals surface area contributed by atoms with Crippen LogP contribution >= 0.6 is 0 Å². The van der Waals surface area contributed by atoms with E-state index in [4.69, 9.17) is 9.84 Å². The van der Waals surface area contributed by atoms with Gasteiger partial charge in [0.1, 0.15) is 23.3 Å². The molecule has 0 fully saturated rings. The Morgan fingerprint density at radius 3 is 2.70 bits per heavy atom. The van der Waals surface area contributed by atoms with Gasteiger partial charge in [-0.1, -0.05) is 6.08 Å². The van der Waals surface area contributed by atoms with E-state index in [0.717, 1.165) is 39.4 Å². The topological polar surface area (TPSA) is 85.1 Å². The van der Waals surface area contributed by atoms with Crippen LogP contribution < -0.4 is 10.1 Å². The minimum Gasteiger partial charge on any atom is -0.455 e. The molecule has 0 radical (unpaired) electrons. The van der Waals surface area contributed by atoms with Crippen LogP contribution in [0.2, 0.25) is 0 Å². The molecule has 4 aromatic rings. The number of aliphatic hydroxyl groups is 1. The summed E-state index contributed by atoms with van der Waals surface area (Å²) in [5.41, 5.74) is 5.49. The van der Waals surface area contributed by atoms with Gasteiger partial charge in [-0.15, -0.1) is 0 Å². The number of aromatic nitrogens is 4. The number of aliphatic hydroxyl groups excluding tert-OH is 1. The fourth-order valence-electron chi connectivity index (χ4n) is 3.24. The van der Waals surface area contributed by atoms with E-state index in [1.165, 1.54) is 0 Å². The predicted octanol–water partition coefficient (Wildman–Crippen LogP) is 4.52. The number of anilines is 2. The van der Waals surface area contributed by atoms with Crippen molar-refractivity contribution in [2.45, 2.75) is 13.8 Å². The molecule has 0 saturated carbocycles. The van der Waals surface area contributed by atoms with Crippen LogP contribution in [0.3, 0.4) is 0 Å². The van der Waals surface area contributed by atoms with E-state index in [1.807, 2.05) is 67.9 Å². The maximum absolute atomic E-state index is 9.05. The molecule has 0 bridgehead atoms. The number of ether oxygens (including phenoxy) is 1. The second-order valence-electron chi connectivity index (χ2n) is 7.01. The van der Waals surface area contributed by atoms with E-state index in [0.29, 0.717) is 11.6 Å². The van der Waals surface area contributed by atoms with Crippen LogP contribution in [0.4, 0.5) is 11.5 Å². The summed E-state index contributed by atoms with van der Waals surface area (Å²) >= 11 is 0.